The summed E-state index contributed by atoms with van der Waals surface area (Å²) in [7, 11) is 1.90. The number of benzene rings is 1. The Morgan fingerprint density at radius 3 is 2.44 bits per heavy atom. The number of carbonyl (C=O) groups excluding carboxylic acids is 1. The van der Waals surface area contributed by atoms with Crippen molar-refractivity contribution in [3.63, 3.8) is 0 Å². The number of ketones is 1. The number of likely N-dealkylation sites (N-methyl/N-ethyl adjacent to an activating group) is 1. The van der Waals surface area contributed by atoms with Gasteiger partial charge in [-0.25, -0.2) is 4.31 Å². The lowest BCUT2D eigenvalue weighted by Crippen LogP contribution is -2.42. The highest BCUT2D eigenvalue weighted by atomic mass is 32.2. The minimum absolute atomic E-state index is 0.136. The number of anilines is 1. The highest BCUT2D eigenvalue weighted by molar-refractivity contribution is 7.97. The molecular formula is C12H18N2OS. The summed E-state index contributed by atoms with van der Waals surface area (Å²) in [6.45, 7) is 5.41. The molecule has 0 aliphatic heterocycles. The normalized spacial score (nSPS) is 11.8. The van der Waals surface area contributed by atoms with Crippen LogP contribution in [0.1, 0.15) is 20.8 Å². The molecule has 2 N–H and O–H groups in total. The van der Waals surface area contributed by atoms with Crippen LogP contribution < -0.4 is 5.73 Å². The SMILES string of the molecule is CC(=O)C(C)(C)N(C)Sc1ccccc1N. The Labute approximate surface area is 101 Å². The van der Waals surface area contributed by atoms with Gasteiger partial charge >= 0.3 is 0 Å². The zero-order valence-corrected chi connectivity index (χ0v) is 11.0. The second-order valence-electron chi connectivity index (χ2n) is 4.24. The molecule has 0 heterocycles. The molecule has 1 aromatic carbocycles. The number of nitrogen functional groups attached to an aromatic ring is 1. The number of hydrogen-bond acceptors (Lipinski definition) is 4. The van der Waals surface area contributed by atoms with Gasteiger partial charge in [0.25, 0.3) is 0 Å². The molecule has 3 nitrogen and oxygen atoms in total. The Kier molecular flexibility index (Phi) is 3.99. The lowest BCUT2D eigenvalue weighted by atomic mass is 10.0. The van der Waals surface area contributed by atoms with E-state index in [-0.39, 0.29) is 5.78 Å². The molecule has 0 spiro atoms. The van der Waals surface area contributed by atoms with Gasteiger partial charge in [0.15, 0.2) is 0 Å². The van der Waals surface area contributed by atoms with Crippen LogP contribution in [0.2, 0.25) is 0 Å². The molecular weight excluding hydrogens is 220 g/mol. The highest BCUT2D eigenvalue weighted by Gasteiger charge is 2.29. The van der Waals surface area contributed by atoms with Crippen LogP contribution in [0.15, 0.2) is 29.2 Å². The van der Waals surface area contributed by atoms with Crippen LogP contribution in [0.25, 0.3) is 0 Å². The Morgan fingerprint density at radius 2 is 1.94 bits per heavy atom. The van der Waals surface area contributed by atoms with Crippen LogP contribution in [0.5, 0.6) is 0 Å². The molecule has 0 unspecified atom stereocenters. The van der Waals surface area contributed by atoms with Crippen molar-refractivity contribution >= 4 is 23.4 Å². The van der Waals surface area contributed by atoms with Gasteiger partial charge in [0.1, 0.15) is 5.78 Å². The Hall–Kier alpha value is -1.00. The smallest absolute Gasteiger partial charge is 0.150 e. The number of carbonyl (C=O) groups is 1. The van der Waals surface area contributed by atoms with Gasteiger partial charge in [-0.05, 0) is 51.9 Å². The van der Waals surface area contributed by atoms with Crippen molar-refractivity contribution in [1.82, 2.24) is 4.31 Å². The first-order chi connectivity index (χ1) is 7.35. The Balaban J connectivity index is 2.83. The monoisotopic (exact) mass is 238 g/mol. The van der Waals surface area contributed by atoms with Gasteiger partial charge in [0, 0.05) is 10.6 Å². The zero-order valence-electron chi connectivity index (χ0n) is 10.2. The first kappa shape index (κ1) is 13.1. The maximum Gasteiger partial charge on any atom is 0.150 e. The summed E-state index contributed by atoms with van der Waals surface area (Å²) in [5.74, 6) is 0.136. The van der Waals surface area contributed by atoms with E-state index in [1.807, 2.05) is 49.5 Å². The van der Waals surface area contributed by atoms with Crippen LogP contribution in [0.4, 0.5) is 5.69 Å². The number of hydrogen-bond donors (Lipinski definition) is 1. The van der Waals surface area contributed by atoms with Crippen LogP contribution in [-0.2, 0) is 4.79 Å². The average Bonchev–Trinajstić information content (AvgIpc) is 2.21. The summed E-state index contributed by atoms with van der Waals surface area (Å²) in [6.07, 6.45) is 0. The summed E-state index contributed by atoms with van der Waals surface area (Å²) >= 11 is 1.49. The van der Waals surface area contributed by atoms with E-state index in [0.29, 0.717) is 0 Å². The molecule has 16 heavy (non-hydrogen) atoms. The van der Waals surface area contributed by atoms with Crippen molar-refractivity contribution < 1.29 is 4.79 Å². The van der Waals surface area contributed by atoms with Crippen molar-refractivity contribution in [2.45, 2.75) is 31.2 Å². The lowest BCUT2D eigenvalue weighted by molar-refractivity contribution is -0.123. The molecule has 0 saturated carbocycles. The number of nitrogens with two attached hydrogens (primary N) is 1. The molecule has 4 heteroatoms. The summed E-state index contributed by atoms with van der Waals surface area (Å²) < 4.78 is 1.93. The number of rotatable bonds is 4. The zero-order chi connectivity index (χ0) is 12.3. The van der Waals surface area contributed by atoms with Crippen LogP contribution in [-0.4, -0.2) is 22.7 Å². The molecule has 0 fully saturated rings. The third-order valence-corrected chi connectivity index (χ3v) is 4.10. The Morgan fingerprint density at radius 1 is 1.38 bits per heavy atom. The molecule has 0 bridgehead atoms. The van der Waals surface area contributed by atoms with Crippen LogP contribution >= 0.6 is 11.9 Å². The van der Waals surface area contributed by atoms with Gasteiger partial charge in [-0.2, -0.15) is 0 Å². The van der Waals surface area contributed by atoms with E-state index in [9.17, 15) is 4.79 Å². The lowest BCUT2D eigenvalue weighted by Gasteiger charge is -2.32. The first-order valence-corrected chi connectivity index (χ1v) is 5.90. The second kappa shape index (κ2) is 4.89. The summed E-state index contributed by atoms with van der Waals surface area (Å²) in [5.41, 5.74) is 6.10. The van der Waals surface area contributed by atoms with Gasteiger partial charge < -0.3 is 5.73 Å². The fourth-order valence-corrected chi connectivity index (χ4v) is 2.01. The van der Waals surface area contributed by atoms with Gasteiger partial charge in [-0.15, -0.1) is 0 Å². The minimum atomic E-state index is -0.493. The molecule has 1 aromatic rings. The van der Waals surface area contributed by atoms with Crippen LogP contribution in [0, 0.1) is 0 Å². The van der Waals surface area contributed by atoms with Gasteiger partial charge in [-0.3, -0.25) is 4.79 Å². The summed E-state index contributed by atoms with van der Waals surface area (Å²) in [6, 6.07) is 7.65. The van der Waals surface area contributed by atoms with E-state index < -0.39 is 5.54 Å². The molecule has 0 aliphatic carbocycles. The molecule has 1 rings (SSSR count). The molecule has 88 valence electrons. The summed E-state index contributed by atoms with van der Waals surface area (Å²) in [4.78, 5) is 12.5. The quantitative estimate of drug-likeness (QED) is 0.647. The maximum atomic E-state index is 11.5. The van der Waals surface area contributed by atoms with E-state index in [1.165, 1.54) is 11.9 Å². The molecule has 0 saturated heterocycles. The number of Topliss-reactive ketones (excluding diaryl/α,β-unsaturated/α-hetero) is 1. The number of para-hydroxylation sites is 1. The van der Waals surface area contributed by atoms with Gasteiger partial charge in [0.05, 0.1) is 5.54 Å². The Bertz CT molecular complexity index is 390. The standard InChI is InChI=1S/C12H18N2OS/c1-9(15)12(2,3)14(4)16-11-8-6-5-7-10(11)13/h5-8H,13H2,1-4H3. The van der Waals surface area contributed by atoms with E-state index in [2.05, 4.69) is 0 Å². The van der Waals surface area contributed by atoms with E-state index in [4.69, 9.17) is 5.73 Å². The van der Waals surface area contributed by atoms with Crippen molar-refractivity contribution in [3.05, 3.63) is 24.3 Å². The van der Waals surface area contributed by atoms with E-state index in [0.717, 1.165) is 10.6 Å². The van der Waals surface area contributed by atoms with Gasteiger partial charge in [0.2, 0.25) is 0 Å². The fourth-order valence-electron chi connectivity index (χ4n) is 1.05. The third kappa shape index (κ3) is 2.77. The third-order valence-electron chi connectivity index (χ3n) is 2.80. The maximum absolute atomic E-state index is 11.5. The van der Waals surface area contributed by atoms with Crippen molar-refractivity contribution in [1.29, 1.82) is 0 Å². The average molecular weight is 238 g/mol. The van der Waals surface area contributed by atoms with Gasteiger partial charge in [-0.1, -0.05) is 12.1 Å². The molecule has 0 aliphatic rings. The molecule has 0 radical (unpaired) electrons. The van der Waals surface area contributed by atoms with Crippen molar-refractivity contribution in [2.24, 2.45) is 0 Å². The molecule has 0 amide bonds. The van der Waals surface area contributed by atoms with E-state index >= 15 is 0 Å². The fraction of sp³-hybridized carbons (Fsp3) is 0.417. The molecule has 0 atom stereocenters. The minimum Gasteiger partial charge on any atom is -0.398 e. The van der Waals surface area contributed by atoms with Crippen molar-refractivity contribution in [3.8, 4) is 0 Å². The van der Waals surface area contributed by atoms with Crippen LogP contribution in [0.3, 0.4) is 0 Å². The first-order valence-electron chi connectivity index (χ1n) is 5.13. The van der Waals surface area contributed by atoms with E-state index in [1.54, 1.807) is 6.92 Å². The van der Waals surface area contributed by atoms with Crippen molar-refractivity contribution in [2.75, 3.05) is 12.8 Å². The topological polar surface area (TPSA) is 46.3 Å². The number of nitrogens with zero attached hydrogens (tertiary/aromatic N) is 1. The highest BCUT2D eigenvalue weighted by Crippen LogP contribution is 2.32. The second-order valence-corrected chi connectivity index (χ2v) is 5.41. The predicted octanol–water partition coefficient (Wildman–Crippen LogP) is 2.58. The predicted molar refractivity (Wildman–Crippen MR) is 69.2 cm³/mol. The largest absolute Gasteiger partial charge is 0.398 e. The summed E-state index contributed by atoms with van der Waals surface area (Å²) in [5, 5.41) is 0. The molecule has 0 aromatic heterocycles.